The van der Waals surface area contributed by atoms with E-state index in [9.17, 15) is 4.79 Å². The molecule has 3 aromatic carbocycles. The van der Waals surface area contributed by atoms with Crippen molar-refractivity contribution in [3.63, 3.8) is 0 Å². The van der Waals surface area contributed by atoms with E-state index < -0.39 is 0 Å². The summed E-state index contributed by atoms with van der Waals surface area (Å²) < 4.78 is 11.6. The Labute approximate surface area is 178 Å². The Hall–Kier alpha value is -4.38. The third-order valence-corrected chi connectivity index (χ3v) is 4.76. The van der Waals surface area contributed by atoms with Gasteiger partial charge < -0.3 is 14.2 Å². The van der Waals surface area contributed by atoms with Crippen LogP contribution in [0.3, 0.4) is 0 Å². The van der Waals surface area contributed by atoms with E-state index >= 15 is 0 Å². The number of para-hydroxylation sites is 2. The lowest BCUT2D eigenvalue weighted by molar-refractivity contribution is -0.111. The molecule has 2 aromatic heterocycles. The second kappa shape index (κ2) is 8.16. The zero-order valence-corrected chi connectivity index (χ0v) is 16.5. The molecule has 5 heteroatoms. The molecule has 150 valence electrons. The normalized spacial score (nSPS) is 11.2. The van der Waals surface area contributed by atoms with Crippen LogP contribution in [0.5, 0.6) is 0 Å². The largest absolute Gasteiger partial charge is 0.457 e. The lowest BCUT2D eigenvalue weighted by atomic mass is 10.2. The zero-order valence-electron chi connectivity index (χ0n) is 16.5. The number of nitrogens with one attached hydrogen (secondary N) is 1. The van der Waals surface area contributed by atoms with Gasteiger partial charge in [0.1, 0.15) is 17.0 Å². The lowest BCUT2D eigenvalue weighted by Crippen LogP contribution is -2.07. The number of furan rings is 1. The van der Waals surface area contributed by atoms with Gasteiger partial charge in [0, 0.05) is 22.9 Å². The Morgan fingerprint density at radius 3 is 2.48 bits per heavy atom. The molecular weight excluding hydrogens is 388 g/mol. The van der Waals surface area contributed by atoms with Crippen LogP contribution in [0, 0.1) is 0 Å². The minimum absolute atomic E-state index is 0.257. The number of carbonyl (C=O) groups excluding carboxylic acids is 1. The minimum atomic E-state index is -0.257. The van der Waals surface area contributed by atoms with Crippen LogP contribution in [0.15, 0.2) is 106 Å². The molecular formula is C26H18N2O3. The quantitative estimate of drug-likeness (QED) is 0.343. The van der Waals surface area contributed by atoms with Gasteiger partial charge in [-0.3, -0.25) is 4.79 Å². The fourth-order valence-corrected chi connectivity index (χ4v) is 3.27. The average Bonchev–Trinajstić information content (AvgIpc) is 3.46. The Balaban J connectivity index is 1.28. The molecule has 5 aromatic rings. The molecule has 0 atom stereocenters. The predicted octanol–water partition coefficient (Wildman–Crippen LogP) is 6.41. The Morgan fingerprint density at radius 1 is 0.806 bits per heavy atom. The third-order valence-electron chi connectivity index (χ3n) is 4.76. The van der Waals surface area contributed by atoms with Crippen molar-refractivity contribution in [3.8, 4) is 22.8 Å². The lowest BCUT2D eigenvalue weighted by Gasteiger charge is -2.03. The van der Waals surface area contributed by atoms with Crippen LogP contribution >= 0.6 is 0 Å². The molecule has 0 aliphatic heterocycles. The highest BCUT2D eigenvalue weighted by molar-refractivity contribution is 6.02. The van der Waals surface area contributed by atoms with Crippen molar-refractivity contribution in [2.45, 2.75) is 0 Å². The number of benzene rings is 3. The molecule has 5 nitrogen and oxygen atoms in total. The van der Waals surface area contributed by atoms with Crippen molar-refractivity contribution >= 4 is 28.8 Å². The van der Waals surface area contributed by atoms with Gasteiger partial charge in [0.15, 0.2) is 5.58 Å². The highest BCUT2D eigenvalue weighted by Gasteiger charge is 2.09. The summed E-state index contributed by atoms with van der Waals surface area (Å²) in [6.45, 7) is 0. The molecule has 2 heterocycles. The van der Waals surface area contributed by atoms with E-state index in [1.54, 1.807) is 6.08 Å². The Morgan fingerprint density at radius 2 is 1.61 bits per heavy atom. The van der Waals surface area contributed by atoms with Crippen LogP contribution in [0.4, 0.5) is 5.69 Å². The van der Waals surface area contributed by atoms with Crippen LogP contribution in [0.1, 0.15) is 5.76 Å². The zero-order chi connectivity index (χ0) is 21.0. The first kappa shape index (κ1) is 18.6. The third kappa shape index (κ3) is 4.16. The number of hydrogen-bond acceptors (Lipinski definition) is 4. The van der Waals surface area contributed by atoms with Gasteiger partial charge in [-0.25, -0.2) is 4.98 Å². The van der Waals surface area contributed by atoms with Crippen LogP contribution in [-0.4, -0.2) is 10.9 Å². The molecule has 0 bridgehead atoms. The van der Waals surface area contributed by atoms with Gasteiger partial charge >= 0.3 is 0 Å². The summed E-state index contributed by atoms with van der Waals surface area (Å²) in [6.07, 6.45) is 3.09. The molecule has 0 spiro atoms. The highest BCUT2D eigenvalue weighted by atomic mass is 16.3. The summed E-state index contributed by atoms with van der Waals surface area (Å²) in [5, 5.41) is 2.86. The maximum absolute atomic E-state index is 12.4. The number of hydrogen-bond donors (Lipinski definition) is 1. The van der Waals surface area contributed by atoms with E-state index in [1.807, 2.05) is 91.0 Å². The summed E-state index contributed by atoms with van der Waals surface area (Å²) in [5.41, 5.74) is 3.95. The van der Waals surface area contributed by atoms with Crippen molar-refractivity contribution in [2.24, 2.45) is 0 Å². The summed E-state index contributed by atoms with van der Waals surface area (Å²) >= 11 is 0. The minimum Gasteiger partial charge on any atom is -0.457 e. The van der Waals surface area contributed by atoms with Crippen LogP contribution in [-0.2, 0) is 4.79 Å². The smallest absolute Gasteiger partial charge is 0.248 e. The molecule has 31 heavy (non-hydrogen) atoms. The SMILES string of the molecule is O=C(C=Cc1ccc(-c2ccccc2)o1)Nc1cccc(-c2nc3ccccc3o2)c1. The molecule has 0 fully saturated rings. The maximum Gasteiger partial charge on any atom is 0.248 e. The van der Waals surface area contributed by atoms with Gasteiger partial charge in [0.05, 0.1) is 0 Å². The second-order valence-corrected chi connectivity index (χ2v) is 6.96. The Kier molecular flexibility index (Phi) is 4.91. The van der Waals surface area contributed by atoms with Gasteiger partial charge in [-0.05, 0) is 48.5 Å². The number of rotatable bonds is 5. The number of amides is 1. The first-order valence-corrected chi connectivity index (χ1v) is 9.85. The van der Waals surface area contributed by atoms with E-state index in [2.05, 4.69) is 10.3 Å². The van der Waals surface area contributed by atoms with Crippen LogP contribution < -0.4 is 5.32 Å². The topological polar surface area (TPSA) is 68.3 Å². The van der Waals surface area contributed by atoms with Gasteiger partial charge in [-0.1, -0.05) is 48.5 Å². The van der Waals surface area contributed by atoms with Crippen molar-refractivity contribution in [1.29, 1.82) is 0 Å². The molecule has 0 aliphatic rings. The summed E-state index contributed by atoms with van der Waals surface area (Å²) in [6, 6.07) is 28.5. The molecule has 0 aliphatic carbocycles. The van der Waals surface area contributed by atoms with Gasteiger partial charge in [-0.15, -0.1) is 0 Å². The molecule has 1 amide bonds. The van der Waals surface area contributed by atoms with Gasteiger partial charge in [0.25, 0.3) is 0 Å². The van der Waals surface area contributed by atoms with Crippen molar-refractivity contribution < 1.29 is 13.6 Å². The molecule has 1 N–H and O–H groups in total. The number of carbonyl (C=O) groups is 1. The molecule has 0 saturated heterocycles. The molecule has 5 rings (SSSR count). The van der Waals surface area contributed by atoms with Crippen LogP contribution in [0.25, 0.3) is 40.0 Å². The van der Waals surface area contributed by atoms with E-state index in [4.69, 9.17) is 8.83 Å². The number of fused-ring (bicyclic) bond motifs is 1. The van der Waals surface area contributed by atoms with E-state index in [0.717, 1.165) is 28.0 Å². The number of oxazole rings is 1. The molecule has 0 unspecified atom stereocenters. The molecule has 0 radical (unpaired) electrons. The fourth-order valence-electron chi connectivity index (χ4n) is 3.27. The fraction of sp³-hybridized carbons (Fsp3) is 0. The average molecular weight is 406 g/mol. The van der Waals surface area contributed by atoms with Crippen LogP contribution in [0.2, 0.25) is 0 Å². The molecule has 0 saturated carbocycles. The van der Waals surface area contributed by atoms with E-state index in [0.29, 0.717) is 17.3 Å². The summed E-state index contributed by atoms with van der Waals surface area (Å²) in [7, 11) is 0. The predicted molar refractivity (Wildman–Crippen MR) is 121 cm³/mol. The van der Waals surface area contributed by atoms with Gasteiger partial charge in [-0.2, -0.15) is 0 Å². The first-order valence-electron chi connectivity index (χ1n) is 9.85. The monoisotopic (exact) mass is 406 g/mol. The van der Waals surface area contributed by atoms with E-state index in [-0.39, 0.29) is 5.91 Å². The van der Waals surface area contributed by atoms with Crippen molar-refractivity contribution in [3.05, 3.63) is 103 Å². The summed E-state index contributed by atoms with van der Waals surface area (Å²) in [4.78, 5) is 16.9. The highest BCUT2D eigenvalue weighted by Crippen LogP contribution is 2.26. The van der Waals surface area contributed by atoms with Gasteiger partial charge in [0.2, 0.25) is 11.8 Å². The first-order chi connectivity index (χ1) is 15.2. The number of aromatic nitrogens is 1. The summed E-state index contributed by atoms with van der Waals surface area (Å²) in [5.74, 6) is 1.62. The maximum atomic E-state index is 12.4. The van der Waals surface area contributed by atoms with Crippen molar-refractivity contribution in [2.75, 3.05) is 5.32 Å². The number of nitrogens with zero attached hydrogens (tertiary/aromatic N) is 1. The standard InChI is InChI=1S/C26H18N2O3/c29-25(16-14-21-13-15-23(30-21)18-7-2-1-3-8-18)27-20-10-6-9-19(17-20)26-28-22-11-4-5-12-24(22)31-26/h1-17H,(H,27,29). The second-order valence-electron chi connectivity index (χ2n) is 6.96. The number of anilines is 1. The Bertz CT molecular complexity index is 1350. The van der Waals surface area contributed by atoms with Crippen molar-refractivity contribution in [1.82, 2.24) is 4.98 Å². The van der Waals surface area contributed by atoms with E-state index in [1.165, 1.54) is 6.08 Å².